The molecule has 0 atom stereocenters. The molecule has 0 spiro atoms. The third kappa shape index (κ3) is 7.36. The van der Waals surface area contributed by atoms with Gasteiger partial charge in [0.25, 0.3) is 0 Å². The minimum Gasteiger partial charge on any atom is -0.492 e. The number of aromatic nitrogens is 2. The van der Waals surface area contributed by atoms with Gasteiger partial charge in [0.1, 0.15) is 23.9 Å². The van der Waals surface area contributed by atoms with Gasteiger partial charge in [-0.05, 0) is 81.4 Å². The molecule has 0 unspecified atom stereocenters. The molecular weight excluding hydrogens is 502 g/mol. The molecule has 0 saturated heterocycles. The van der Waals surface area contributed by atoms with Gasteiger partial charge in [0.15, 0.2) is 0 Å². The lowest BCUT2D eigenvalue weighted by atomic mass is 10.1. The zero-order valence-corrected chi connectivity index (χ0v) is 23.8. The Morgan fingerprint density at radius 2 is 1.65 bits per heavy atom. The van der Waals surface area contributed by atoms with Crippen molar-refractivity contribution in [1.82, 2.24) is 14.9 Å². The van der Waals surface area contributed by atoms with Crippen LogP contribution in [0.25, 0.3) is 0 Å². The monoisotopic (exact) mass is 539 g/mol. The van der Waals surface area contributed by atoms with Crippen LogP contribution in [0.5, 0.6) is 11.5 Å². The molecule has 1 N–H and O–H groups in total. The molecule has 1 amide bonds. The summed E-state index contributed by atoms with van der Waals surface area (Å²) in [5.74, 6) is 2.10. The Morgan fingerprint density at radius 1 is 0.925 bits per heavy atom. The maximum atomic E-state index is 13.8. The van der Waals surface area contributed by atoms with E-state index in [9.17, 15) is 4.79 Å². The first kappa shape index (κ1) is 28.6. The molecular formula is C32H37N5O3. The highest BCUT2D eigenvalue weighted by molar-refractivity contribution is 5.97. The van der Waals surface area contributed by atoms with E-state index >= 15 is 0 Å². The Balaban J connectivity index is 1.62. The second-order valence-electron chi connectivity index (χ2n) is 9.84. The van der Waals surface area contributed by atoms with Gasteiger partial charge in [-0.1, -0.05) is 49.7 Å². The highest BCUT2D eigenvalue weighted by Crippen LogP contribution is 2.32. The molecule has 3 aromatic carbocycles. The highest BCUT2D eigenvalue weighted by Gasteiger charge is 2.25. The number of ether oxygens (including phenoxy) is 2. The van der Waals surface area contributed by atoms with Gasteiger partial charge < -0.3 is 19.7 Å². The van der Waals surface area contributed by atoms with Gasteiger partial charge in [-0.2, -0.15) is 4.98 Å². The van der Waals surface area contributed by atoms with E-state index in [2.05, 4.69) is 22.1 Å². The van der Waals surface area contributed by atoms with Crippen molar-refractivity contribution < 1.29 is 14.3 Å². The number of nitrogens with zero attached hydrogens (tertiary/aromatic N) is 4. The molecule has 1 heterocycles. The Bertz CT molecular complexity index is 1400. The fourth-order valence-electron chi connectivity index (χ4n) is 4.26. The number of aryl methyl sites for hydroxylation is 3. The van der Waals surface area contributed by atoms with E-state index < -0.39 is 6.09 Å². The number of benzene rings is 3. The van der Waals surface area contributed by atoms with Crippen molar-refractivity contribution in [3.05, 3.63) is 95.7 Å². The maximum absolute atomic E-state index is 13.8. The van der Waals surface area contributed by atoms with Crippen molar-refractivity contribution in [1.29, 1.82) is 0 Å². The molecule has 0 bridgehead atoms. The number of rotatable bonds is 11. The first-order valence-electron chi connectivity index (χ1n) is 13.5. The van der Waals surface area contributed by atoms with E-state index in [1.165, 1.54) is 4.90 Å². The van der Waals surface area contributed by atoms with Crippen molar-refractivity contribution in [2.75, 3.05) is 37.5 Å². The molecule has 8 nitrogen and oxygen atoms in total. The third-order valence-electron chi connectivity index (χ3n) is 6.32. The van der Waals surface area contributed by atoms with Crippen molar-refractivity contribution in [3.8, 4) is 11.5 Å². The summed E-state index contributed by atoms with van der Waals surface area (Å²) in [6.45, 7) is 7.41. The van der Waals surface area contributed by atoms with Crippen LogP contribution in [0.15, 0.2) is 79.0 Å². The van der Waals surface area contributed by atoms with Crippen LogP contribution in [0.1, 0.15) is 30.0 Å². The predicted octanol–water partition coefficient (Wildman–Crippen LogP) is 7.07. The molecule has 0 aliphatic rings. The molecule has 0 radical (unpaired) electrons. The quantitative estimate of drug-likeness (QED) is 0.218. The van der Waals surface area contributed by atoms with Crippen LogP contribution in [0.3, 0.4) is 0 Å². The van der Waals surface area contributed by atoms with Gasteiger partial charge in [0.05, 0.1) is 5.69 Å². The highest BCUT2D eigenvalue weighted by atomic mass is 16.6. The summed E-state index contributed by atoms with van der Waals surface area (Å²) < 4.78 is 11.8. The van der Waals surface area contributed by atoms with Gasteiger partial charge >= 0.3 is 6.09 Å². The van der Waals surface area contributed by atoms with Gasteiger partial charge in [0.2, 0.25) is 5.95 Å². The average Bonchev–Trinajstić information content (AvgIpc) is 2.93. The van der Waals surface area contributed by atoms with Crippen molar-refractivity contribution >= 4 is 29.2 Å². The van der Waals surface area contributed by atoms with E-state index in [1.54, 1.807) is 12.3 Å². The fourth-order valence-corrected chi connectivity index (χ4v) is 4.26. The number of hydrogen-bond acceptors (Lipinski definition) is 7. The lowest BCUT2D eigenvalue weighted by Gasteiger charge is -2.24. The van der Waals surface area contributed by atoms with E-state index in [1.807, 2.05) is 94.7 Å². The summed E-state index contributed by atoms with van der Waals surface area (Å²) in [7, 11) is 4.02. The molecule has 8 heteroatoms. The van der Waals surface area contributed by atoms with Gasteiger partial charge in [-0.15, -0.1) is 0 Å². The largest absolute Gasteiger partial charge is 0.492 e. The molecule has 0 saturated carbocycles. The molecule has 4 rings (SSSR count). The van der Waals surface area contributed by atoms with Crippen LogP contribution < -0.4 is 19.7 Å². The summed E-state index contributed by atoms with van der Waals surface area (Å²) in [5.41, 5.74) is 4.32. The summed E-state index contributed by atoms with van der Waals surface area (Å²) in [5, 5.41) is 3.23. The van der Waals surface area contributed by atoms with E-state index in [0.717, 1.165) is 53.2 Å². The number of para-hydroxylation sites is 2. The standard InChI is InChI=1S/C32H37N5O3/c1-6-10-25-13-7-8-14-28(25)37(32(38)40-30-23(2)11-9-12-24(30)3)29-19-20-33-31(35-29)34-26-15-17-27(18-16-26)39-22-21-36(4)5/h7-9,11-20H,6,10,21-22H2,1-5H3,(H,33,34,35). The number of hydrogen-bond donors (Lipinski definition) is 1. The second kappa shape index (κ2) is 13.6. The van der Waals surface area contributed by atoms with Crippen LogP contribution >= 0.6 is 0 Å². The van der Waals surface area contributed by atoms with E-state index in [4.69, 9.17) is 14.5 Å². The van der Waals surface area contributed by atoms with Crippen LogP contribution in [-0.4, -0.2) is 48.2 Å². The molecule has 40 heavy (non-hydrogen) atoms. The van der Waals surface area contributed by atoms with Gasteiger partial charge in [-0.25, -0.2) is 14.7 Å². The van der Waals surface area contributed by atoms with Crippen molar-refractivity contribution in [3.63, 3.8) is 0 Å². The number of likely N-dealkylation sites (N-methyl/N-ethyl adjacent to an activating group) is 1. The third-order valence-corrected chi connectivity index (χ3v) is 6.32. The van der Waals surface area contributed by atoms with Crippen LogP contribution in [-0.2, 0) is 6.42 Å². The predicted molar refractivity (Wildman–Crippen MR) is 160 cm³/mol. The smallest absolute Gasteiger partial charge is 0.425 e. The molecule has 0 fully saturated rings. The Hall–Kier alpha value is -4.43. The average molecular weight is 540 g/mol. The lowest BCUT2D eigenvalue weighted by molar-refractivity contribution is 0.209. The number of carbonyl (C=O) groups excluding carboxylic acids is 1. The topological polar surface area (TPSA) is 79.8 Å². The summed E-state index contributed by atoms with van der Waals surface area (Å²) in [6.07, 6.45) is 2.83. The first-order valence-corrected chi connectivity index (χ1v) is 13.5. The van der Waals surface area contributed by atoms with Crippen LogP contribution in [0.2, 0.25) is 0 Å². The molecule has 0 aliphatic heterocycles. The SMILES string of the molecule is CCCc1ccccc1N(C(=O)Oc1c(C)cccc1C)c1ccnc(Nc2ccc(OCCN(C)C)cc2)n1. The summed E-state index contributed by atoms with van der Waals surface area (Å²) in [6, 6.07) is 23.0. The molecule has 1 aromatic heterocycles. The Kier molecular flexibility index (Phi) is 9.70. The fraction of sp³-hybridized carbons (Fsp3) is 0.281. The van der Waals surface area contributed by atoms with Crippen molar-refractivity contribution in [2.45, 2.75) is 33.6 Å². The van der Waals surface area contributed by atoms with Crippen LogP contribution in [0.4, 0.5) is 27.9 Å². The lowest BCUT2D eigenvalue weighted by Crippen LogP contribution is -2.31. The minimum atomic E-state index is -0.537. The zero-order chi connectivity index (χ0) is 28.5. The van der Waals surface area contributed by atoms with Crippen LogP contribution in [0, 0.1) is 13.8 Å². The molecule has 4 aromatic rings. The van der Waals surface area contributed by atoms with Crippen molar-refractivity contribution in [2.24, 2.45) is 0 Å². The van der Waals surface area contributed by atoms with Gasteiger partial charge in [-0.3, -0.25) is 0 Å². The first-order chi connectivity index (χ1) is 19.4. The number of nitrogens with one attached hydrogen (secondary N) is 1. The minimum absolute atomic E-state index is 0.358. The molecule has 208 valence electrons. The normalized spacial score (nSPS) is 10.8. The van der Waals surface area contributed by atoms with Gasteiger partial charge in [0, 0.05) is 24.5 Å². The maximum Gasteiger partial charge on any atom is 0.425 e. The number of anilines is 4. The Morgan fingerprint density at radius 3 is 2.35 bits per heavy atom. The van der Waals surface area contributed by atoms with E-state index in [0.29, 0.717) is 24.1 Å². The number of carbonyl (C=O) groups is 1. The zero-order valence-electron chi connectivity index (χ0n) is 23.8. The summed E-state index contributed by atoms with van der Waals surface area (Å²) in [4.78, 5) is 26.5. The number of amides is 1. The van der Waals surface area contributed by atoms with E-state index in [-0.39, 0.29) is 0 Å². The second-order valence-corrected chi connectivity index (χ2v) is 9.84. The Labute approximate surface area is 236 Å². The summed E-state index contributed by atoms with van der Waals surface area (Å²) >= 11 is 0. The molecule has 0 aliphatic carbocycles.